The molecule has 8 nitrogen and oxygen atoms in total. The molecule has 0 aliphatic heterocycles. The summed E-state index contributed by atoms with van der Waals surface area (Å²) in [6.45, 7) is 0. The molecule has 12 heteroatoms. The maximum absolute atomic E-state index is 5.82. The highest BCUT2D eigenvalue weighted by molar-refractivity contribution is 7.80. The number of H-pyrrole nitrogens is 1. The van der Waals surface area contributed by atoms with Gasteiger partial charge in [0, 0.05) is 42.1 Å². The normalized spacial score (nSPS) is 9.14. The van der Waals surface area contributed by atoms with Crippen molar-refractivity contribution in [2.75, 3.05) is 30.0 Å². The average Bonchev–Trinajstić information content (AvgIpc) is 3.50. The number of nitrogens with one attached hydrogen (secondary N) is 2. The molecule has 0 aliphatic carbocycles. The average molecular weight is 550 g/mol. The predicted octanol–water partition coefficient (Wildman–Crippen LogP) is 6.55. The Bertz CT molecular complexity index is 1200. The molecule has 0 atom stereocenters. The fourth-order valence-corrected chi connectivity index (χ4v) is 2.79. The molecule has 0 unspecified atom stereocenters. The van der Waals surface area contributed by atoms with Gasteiger partial charge in [-0.2, -0.15) is 10.1 Å². The molecule has 0 saturated heterocycles. The van der Waals surface area contributed by atoms with Crippen LogP contribution in [0.15, 0.2) is 78.0 Å². The minimum Gasteiger partial charge on any atom is -0.384 e. The first-order valence-corrected chi connectivity index (χ1v) is 11.2. The number of thiocarbonyl (C=S) groups is 2. The van der Waals surface area contributed by atoms with Crippen molar-refractivity contribution in [3.8, 4) is 0 Å². The van der Waals surface area contributed by atoms with Crippen molar-refractivity contribution in [3.63, 3.8) is 0 Å². The third-order valence-electron chi connectivity index (χ3n) is 3.86. The summed E-state index contributed by atoms with van der Waals surface area (Å²) in [4.78, 5) is 5.67. The van der Waals surface area contributed by atoms with Gasteiger partial charge in [0.1, 0.15) is 5.82 Å². The van der Waals surface area contributed by atoms with E-state index in [4.69, 9.17) is 41.2 Å². The largest absolute Gasteiger partial charge is 0.384 e. The van der Waals surface area contributed by atoms with Crippen LogP contribution in [0.5, 0.6) is 0 Å². The molecule has 0 aliphatic rings. The number of rotatable bonds is 3. The van der Waals surface area contributed by atoms with E-state index in [0.717, 1.165) is 17.2 Å². The van der Waals surface area contributed by atoms with Gasteiger partial charge in [0.15, 0.2) is 10.9 Å². The molecule has 184 valence electrons. The lowest BCUT2D eigenvalue weighted by atomic mass is 10.3. The van der Waals surface area contributed by atoms with Crippen LogP contribution < -0.4 is 16.0 Å². The summed E-state index contributed by atoms with van der Waals surface area (Å²) in [6.07, 6.45) is 3.43. The van der Waals surface area contributed by atoms with E-state index in [-0.39, 0.29) is 7.43 Å². The monoisotopic (exact) mass is 548 g/mol. The second-order valence-corrected chi connectivity index (χ2v) is 8.08. The molecule has 35 heavy (non-hydrogen) atoms. The quantitative estimate of drug-likeness (QED) is 0.197. The molecule has 0 spiro atoms. The first-order valence-electron chi connectivity index (χ1n) is 9.66. The van der Waals surface area contributed by atoms with Crippen LogP contribution in [0.25, 0.3) is 0 Å². The van der Waals surface area contributed by atoms with Gasteiger partial charge < -0.3 is 16.0 Å². The zero-order valence-corrected chi connectivity index (χ0v) is 21.5. The Kier molecular flexibility index (Phi) is 13.3. The van der Waals surface area contributed by atoms with Crippen LogP contribution >= 0.6 is 47.6 Å². The van der Waals surface area contributed by atoms with Gasteiger partial charge >= 0.3 is 0 Å². The Morgan fingerprint density at radius 1 is 1.06 bits per heavy atom. The second kappa shape index (κ2) is 15.6. The molecule has 2 heterocycles. The van der Waals surface area contributed by atoms with E-state index in [9.17, 15) is 0 Å². The predicted molar refractivity (Wildman–Crippen MR) is 155 cm³/mol. The van der Waals surface area contributed by atoms with Gasteiger partial charge in [-0.1, -0.05) is 30.6 Å². The number of hydrogen-bond donors (Lipinski definition) is 3. The van der Waals surface area contributed by atoms with E-state index < -0.39 is 0 Å². The summed E-state index contributed by atoms with van der Waals surface area (Å²) in [5.41, 5.74) is 6.82. The van der Waals surface area contributed by atoms with Crippen molar-refractivity contribution in [2.45, 2.75) is 7.43 Å². The summed E-state index contributed by atoms with van der Waals surface area (Å²) >= 11 is 21.1. The number of aliphatic imine (C=N–C) groups is 1. The van der Waals surface area contributed by atoms with Crippen molar-refractivity contribution < 1.29 is 0 Å². The van der Waals surface area contributed by atoms with E-state index >= 15 is 0 Å². The summed E-state index contributed by atoms with van der Waals surface area (Å²) in [5.74, 6) is 1.46. The van der Waals surface area contributed by atoms with Gasteiger partial charge in [-0.05, 0) is 79.0 Å². The van der Waals surface area contributed by atoms with Gasteiger partial charge in [0.2, 0.25) is 0 Å². The summed E-state index contributed by atoms with van der Waals surface area (Å²) in [5, 5.41) is 17.7. The number of aromatic amines is 1. The van der Waals surface area contributed by atoms with Crippen LogP contribution in [-0.2, 0) is 0 Å². The minimum absolute atomic E-state index is 0. The molecule has 4 aromatic rings. The van der Waals surface area contributed by atoms with Crippen LogP contribution in [0.3, 0.4) is 0 Å². The van der Waals surface area contributed by atoms with Crippen molar-refractivity contribution in [2.24, 2.45) is 4.99 Å². The number of anilines is 3. The molecule has 0 radical (unpaired) electrons. The maximum Gasteiger partial charge on any atom is 0.198 e. The van der Waals surface area contributed by atoms with E-state index in [2.05, 4.69) is 43.0 Å². The number of nitrogens with zero attached hydrogens (tertiary/aromatic N) is 5. The lowest BCUT2D eigenvalue weighted by molar-refractivity contribution is 0.921. The lowest BCUT2D eigenvalue weighted by Crippen LogP contribution is -2.20. The first kappa shape index (κ1) is 29.8. The summed E-state index contributed by atoms with van der Waals surface area (Å²) in [7, 11) is 3.87. The minimum atomic E-state index is 0. The fourth-order valence-electron chi connectivity index (χ4n) is 2.21. The molecule has 2 aromatic heterocycles. The SMILES string of the molecule is C.CN(C)c1ccn(C(=S)Nc2ccc(Cl)cc2)n1.Nc1ccn[nH]1.S=C=Nc1ccc(Cl)cc1. The highest BCUT2D eigenvalue weighted by Crippen LogP contribution is 2.15. The Hall–Kier alpha value is -3.27. The number of nitrogens with two attached hydrogens (primary N) is 1. The van der Waals surface area contributed by atoms with Gasteiger partial charge in [-0.15, -0.1) is 5.10 Å². The Labute approximate surface area is 225 Å². The van der Waals surface area contributed by atoms with Gasteiger partial charge in [-0.3, -0.25) is 5.10 Å². The zero-order chi connectivity index (χ0) is 24.9. The van der Waals surface area contributed by atoms with Gasteiger partial charge in [-0.25, -0.2) is 4.68 Å². The third-order valence-corrected chi connectivity index (χ3v) is 4.74. The van der Waals surface area contributed by atoms with Crippen LogP contribution in [0.4, 0.5) is 23.0 Å². The molecule has 4 rings (SSSR count). The van der Waals surface area contributed by atoms with Crippen molar-refractivity contribution in [3.05, 3.63) is 83.1 Å². The number of halogens is 2. The van der Waals surface area contributed by atoms with Crippen molar-refractivity contribution >= 4 is 80.9 Å². The molecule has 4 N–H and O–H groups in total. The van der Waals surface area contributed by atoms with E-state index in [0.29, 0.717) is 21.0 Å². The highest BCUT2D eigenvalue weighted by atomic mass is 35.5. The molecule has 0 saturated carbocycles. The van der Waals surface area contributed by atoms with Gasteiger partial charge in [0.05, 0.1) is 17.0 Å². The molecule has 2 aromatic carbocycles. The van der Waals surface area contributed by atoms with E-state index in [1.165, 1.54) is 0 Å². The number of aromatic nitrogens is 4. The molecular formula is C23H26Cl2N8S2. The number of isothiocyanates is 1. The van der Waals surface area contributed by atoms with Crippen LogP contribution in [0.1, 0.15) is 7.43 Å². The topological polar surface area (TPSA) is 100 Å². The summed E-state index contributed by atoms with van der Waals surface area (Å²) < 4.78 is 1.62. The Morgan fingerprint density at radius 2 is 1.66 bits per heavy atom. The first-order chi connectivity index (χ1) is 16.3. The van der Waals surface area contributed by atoms with Gasteiger partial charge in [0.25, 0.3) is 0 Å². The Morgan fingerprint density at radius 3 is 2.09 bits per heavy atom. The third kappa shape index (κ3) is 11.1. The lowest BCUT2D eigenvalue weighted by Gasteiger charge is -2.09. The molecule has 0 fully saturated rings. The standard InChI is InChI=1S/C12H13ClN4S.C7H4ClNS.C3H5N3.CH4/c1-16(2)11-7-8-17(15-11)12(18)14-10-5-3-9(13)4-6-10;8-6-1-3-7(4-2-6)9-5-10;4-3-1-2-5-6-3;/h3-8H,1-2H3,(H,14,18);1-4H;1-2H,(H3,4,5,6);1H4. The van der Waals surface area contributed by atoms with E-state index in [1.54, 1.807) is 53.3 Å². The number of nitrogen functional groups attached to an aromatic ring is 1. The van der Waals surface area contributed by atoms with Crippen molar-refractivity contribution in [1.82, 2.24) is 20.0 Å². The van der Waals surface area contributed by atoms with Crippen LogP contribution in [0, 0.1) is 0 Å². The van der Waals surface area contributed by atoms with Crippen LogP contribution in [0.2, 0.25) is 10.0 Å². The second-order valence-electron chi connectivity index (χ2n) is 6.64. The van der Waals surface area contributed by atoms with E-state index in [1.807, 2.05) is 43.4 Å². The zero-order valence-electron chi connectivity index (χ0n) is 18.3. The number of benzene rings is 2. The smallest absolute Gasteiger partial charge is 0.198 e. The summed E-state index contributed by atoms with van der Waals surface area (Å²) in [6, 6.07) is 18.0. The number of hydrogen-bond acceptors (Lipinski definition) is 7. The van der Waals surface area contributed by atoms with Crippen molar-refractivity contribution in [1.29, 1.82) is 0 Å². The Balaban J connectivity index is 0.000000302. The van der Waals surface area contributed by atoms with Crippen LogP contribution in [-0.4, -0.2) is 44.3 Å². The maximum atomic E-state index is 5.82. The fraction of sp³-hybridized carbons (Fsp3) is 0.130. The molecular weight excluding hydrogens is 523 g/mol. The molecule has 0 bridgehead atoms. The highest BCUT2D eigenvalue weighted by Gasteiger charge is 2.05. The molecule has 0 amide bonds.